The second-order valence-corrected chi connectivity index (χ2v) is 9.04. The van der Waals surface area contributed by atoms with E-state index >= 15 is 0 Å². The van der Waals surface area contributed by atoms with E-state index in [9.17, 15) is 14.9 Å². The van der Waals surface area contributed by atoms with E-state index in [1.807, 2.05) is 18.2 Å². The Bertz CT molecular complexity index is 1100. The van der Waals surface area contributed by atoms with Crippen LogP contribution in [0.3, 0.4) is 0 Å². The highest BCUT2D eigenvalue weighted by Crippen LogP contribution is 2.40. The average Bonchev–Trinajstić information content (AvgIpc) is 3.31. The molecule has 0 radical (unpaired) electrons. The highest BCUT2D eigenvalue weighted by molar-refractivity contribution is 7.99. The van der Waals surface area contributed by atoms with Crippen molar-refractivity contribution in [2.45, 2.75) is 43.6 Å². The van der Waals surface area contributed by atoms with Crippen molar-refractivity contribution < 1.29 is 9.59 Å². The predicted octanol–water partition coefficient (Wildman–Crippen LogP) is 3.12. The molecule has 0 bridgehead atoms. The van der Waals surface area contributed by atoms with Crippen LogP contribution in [0.4, 0.5) is 0 Å². The van der Waals surface area contributed by atoms with Gasteiger partial charge in [-0.15, -0.1) is 11.8 Å². The summed E-state index contributed by atoms with van der Waals surface area (Å²) in [5.41, 5.74) is 1.50. The Kier molecular flexibility index (Phi) is 6.11. The number of aromatic nitrogens is 1. The van der Waals surface area contributed by atoms with Crippen molar-refractivity contribution in [3.05, 3.63) is 41.6 Å². The van der Waals surface area contributed by atoms with Gasteiger partial charge < -0.3 is 10.2 Å². The molecule has 0 spiro atoms. The Morgan fingerprint density at radius 2 is 2.03 bits per heavy atom. The maximum atomic E-state index is 12.9. The van der Waals surface area contributed by atoms with Crippen LogP contribution >= 0.6 is 11.8 Å². The molecule has 1 saturated carbocycles. The van der Waals surface area contributed by atoms with Crippen molar-refractivity contribution in [2.75, 3.05) is 18.2 Å². The molecule has 8 heteroatoms. The fourth-order valence-electron chi connectivity index (χ4n) is 4.41. The van der Waals surface area contributed by atoms with Crippen molar-refractivity contribution in [2.24, 2.45) is 0 Å². The van der Waals surface area contributed by atoms with Crippen LogP contribution < -0.4 is 5.32 Å². The van der Waals surface area contributed by atoms with Gasteiger partial charge in [0.1, 0.15) is 6.04 Å². The van der Waals surface area contributed by atoms with Crippen LogP contribution in [0.25, 0.3) is 10.9 Å². The third-order valence-electron chi connectivity index (χ3n) is 6.21. The number of nitriles is 2. The molecular weight excluding hydrogens is 410 g/mol. The average molecular weight is 434 g/mol. The number of benzene rings is 1. The first-order valence-electron chi connectivity index (χ1n) is 10.4. The van der Waals surface area contributed by atoms with Gasteiger partial charge in [-0.2, -0.15) is 10.5 Å². The number of hydrogen-bond acceptors (Lipinski definition) is 6. The SMILES string of the molecule is N#C[C@@H]1CSCN1C(=O)CNC(=O)c1ccnc2ccc(C3(C#N)CCCCC3)cc12. The molecule has 1 N–H and O–H groups in total. The highest BCUT2D eigenvalue weighted by atomic mass is 32.2. The van der Waals surface area contributed by atoms with Gasteiger partial charge in [0.25, 0.3) is 5.91 Å². The third-order valence-corrected chi connectivity index (χ3v) is 7.22. The number of rotatable bonds is 4. The van der Waals surface area contributed by atoms with Crippen LogP contribution in [0, 0.1) is 22.7 Å². The smallest absolute Gasteiger partial charge is 0.252 e. The molecule has 1 saturated heterocycles. The maximum Gasteiger partial charge on any atom is 0.252 e. The largest absolute Gasteiger partial charge is 0.343 e. The van der Waals surface area contributed by atoms with E-state index in [-0.39, 0.29) is 18.4 Å². The second-order valence-electron chi connectivity index (χ2n) is 8.04. The summed E-state index contributed by atoms with van der Waals surface area (Å²) in [6.07, 6.45) is 6.39. The summed E-state index contributed by atoms with van der Waals surface area (Å²) in [6, 6.07) is 11.6. The number of carbonyl (C=O) groups excluding carboxylic acids is 2. The molecule has 1 aliphatic carbocycles. The molecule has 2 amide bonds. The van der Waals surface area contributed by atoms with E-state index in [2.05, 4.69) is 22.4 Å². The van der Waals surface area contributed by atoms with Crippen molar-refractivity contribution in [1.82, 2.24) is 15.2 Å². The number of fused-ring (bicyclic) bond motifs is 1. The molecular formula is C23H23N5O2S. The first-order valence-corrected chi connectivity index (χ1v) is 11.6. The zero-order valence-electron chi connectivity index (χ0n) is 17.1. The van der Waals surface area contributed by atoms with Gasteiger partial charge in [0.05, 0.1) is 41.1 Å². The summed E-state index contributed by atoms with van der Waals surface area (Å²) < 4.78 is 0. The molecule has 1 aliphatic heterocycles. The normalized spacial score (nSPS) is 20.1. The van der Waals surface area contributed by atoms with Crippen LogP contribution in [-0.2, 0) is 10.2 Å². The monoisotopic (exact) mass is 433 g/mol. The standard InChI is InChI=1S/C23H23N5O2S/c24-11-17-13-31-15-28(17)21(29)12-27-22(30)18-6-9-26-20-5-4-16(10-19(18)20)23(14-25)7-2-1-3-8-23/h4-6,9-10,17H,1-3,7-8,12-13,15H2,(H,27,30)/t17-/m1/s1. The lowest BCUT2D eigenvalue weighted by Gasteiger charge is -2.31. The number of amides is 2. The van der Waals surface area contributed by atoms with Crippen LogP contribution in [0.15, 0.2) is 30.5 Å². The second kappa shape index (κ2) is 8.95. The van der Waals surface area contributed by atoms with Gasteiger partial charge in [-0.25, -0.2) is 0 Å². The quantitative estimate of drug-likeness (QED) is 0.793. The molecule has 1 aromatic carbocycles. The summed E-state index contributed by atoms with van der Waals surface area (Å²) in [7, 11) is 0. The predicted molar refractivity (Wildman–Crippen MR) is 118 cm³/mol. The Balaban J connectivity index is 1.57. The summed E-state index contributed by atoms with van der Waals surface area (Å²) >= 11 is 1.53. The van der Waals surface area contributed by atoms with Gasteiger partial charge >= 0.3 is 0 Å². The first-order chi connectivity index (χ1) is 15.1. The third kappa shape index (κ3) is 4.08. The zero-order chi connectivity index (χ0) is 21.8. The number of nitrogens with zero attached hydrogens (tertiary/aromatic N) is 4. The summed E-state index contributed by atoms with van der Waals surface area (Å²) in [5.74, 6) is 0.418. The molecule has 2 fully saturated rings. The molecule has 2 heterocycles. The molecule has 1 aromatic heterocycles. The number of hydrogen-bond donors (Lipinski definition) is 1. The molecule has 31 heavy (non-hydrogen) atoms. The van der Waals surface area contributed by atoms with E-state index in [0.717, 1.165) is 37.7 Å². The minimum Gasteiger partial charge on any atom is -0.343 e. The summed E-state index contributed by atoms with van der Waals surface area (Å²) in [4.78, 5) is 31.2. The molecule has 7 nitrogen and oxygen atoms in total. The minimum absolute atomic E-state index is 0.163. The van der Waals surface area contributed by atoms with E-state index in [0.29, 0.717) is 28.1 Å². The maximum absolute atomic E-state index is 12.9. The van der Waals surface area contributed by atoms with E-state index in [1.54, 1.807) is 12.3 Å². The van der Waals surface area contributed by atoms with Crippen molar-refractivity contribution in [3.8, 4) is 12.1 Å². The Morgan fingerprint density at radius 1 is 1.23 bits per heavy atom. The minimum atomic E-state index is -0.522. The van der Waals surface area contributed by atoms with Gasteiger partial charge in [-0.1, -0.05) is 25.3 Å². The molecule has 158 valence electrons. The number of nitrogens with one attached hydrogen (secondary N) is 1. The summed E-state index contributed by atoms with van der Waals surface area (Å²) in [5, 5.41) is 22.5. The topological polar surface area (TPSA) is 110 Å². The zero-order valence-corrected chi connectivity index (χ0v) is 18.0. The molecule has 2 aromatic rings. The van der Waals surface area contributed by atoms with Crippen molar-refractivity contribution in [1.29, 1.82) is 10.5 Å². The highest BCUT2D eigenvalue weighted by Gasteiger charge is 2.34. The lowest BCUT2D eigenvalue weighted by atomic mass is 9.70. The van der Waals surface area contributed by atoms with Crippen LogP contribution in [0.1, 0.15) is 48.0 Å². The fourth-order valence-corrected chi connectivity index (χ4v) is 5.51. The Labute approximate surface area is 185 Å². The number of thioether (sulfide) groups is 1. The first kappa shape index (κ1) is 21.1. The van der Waals surface area contributed by atoms with Crippen LogP contribution in [0.2, 0.25) is 0 Å². The van der Waals surface area contributed by atoms with Gasteiger partial charge in [-0.3, -0.25) is 14.6 Å². The van der Waals surface area contributed by atoms with Crippen LogP contribution in [0.5, 0.6) is 0 Å². The van der Waals surface area contributed by atoms with Crippen molar-refractivity contribution >= 4 is 34.5 Å². The van der Waals surface area contributed by atoms with Crippen molar-refractivity contribution in [3.63, 3.8) is 0 Å². The van der Waals surface area contributed by atoms with E-state index in [4.69, 9.17) is 5.26 Å². The fraction of sp³-hybridized carbons (Fsp3) is 0.435. The number of pyridine rings is 1. The van der Waals surface area contributed by atoms with Gasteiger partial charge in [0.15, 0.2) is 0 Å². The van der Waals surface area contributed by atoms with Gasteiger partial charge in [0, 0.05) is 17.3 Å². The lowest BCUT2D eigenvalue weighted by molar-refractivity contribution is -0.129. The van der Waals surface area contributed by atoms with Gasteiger partial charge in [-0.05, 0) is 36.6 Å². The van der Waals surface area contributed by atoms with E-state index < -0.39 is 11.5 Å². The molecule has 2 aliphatic rings. The molecule has 0 unspecified atom stereocenters. The Hall–Kier alpha value is -3.10. The lowest BCUT2D eigenvalue weighted by Crippen LogP contribution is -2.42. The molecule has 4 rings (SSSR count). The van der Waals surface area contributed by atoms with E-state index in [1.165, 1.54) is 16.7 Å². The number of carbonyl (C=O) groups is 2. The molecule has 1 atom stereocenters. The Morgan fingerprint density at radius 3 is 2.77 bits per heavy atom. The van der Waals surface area contributed by atoms with Crippen LogP contribution in [-0.4, -0.2) is 45.9 Å². The summed E-state index contributed by atoms with van der Waals surface area (Å²) in [6.45, 7) is -0.163. The van der Waals surface area contributed by atoms with Gasteiger partial charge in [0.2, 0.25) is 5.91 Å².